The van der Waals surface area contributed by atoms with E-state index in [0.29, 0.717) is 12.3 Å². The number of nitrogens with one attached hydrogen (secondary N) is 1. The molecule has 1 N–H and O–H groups in total. The second kappa shape index (κ2) is 6.14. The summed E-state index contributed by atoms with van der Waals surface area (Å²) in [4.78, 5) is 11.8. The van der Waals surface area contributed by atoms with Crippen molar-refractivity contribution in [3.8, 4) is 11.5 Å². The highest BCUT2D eigenvalue weighted by Crippen LogP contribution is 2.31. The first kappa shape index (κ1) is 14.0. The van der Waals surface area contributed by atoms with Crippen LogP contribution in [0.25, 0.3) is 0 Å². The highest BCUT2D eigenvalue weighted by molar-refractivity contribution is 5.91. The normalized spacial score (nSPS) is 10.2. The Hall–Kier alpha value is -2.43. The van der Waals surface area contributed by atoms with Gasteiger partial charge in [0, 0.05) is 17.7 Å². The van der Waals surface area contributed by atoms with Gasteiger partial charge in [-0.25, -0.2) is 0 Å². The molecule has 0 aliphatic heterocycles. The maximum Gasteiger partial charge on any atom is 0.287 e. The molecule has 0 bridgehead atoms. The van der Waals surface area contributed by atoms with Crippen LogP contribution in [0.2, 0.25) is 0 Å². The first-order valence-corrected chi connectivity index (χ1v) is 6.19. The Labute approximate surface area is 117 Å². The van der Waals surface area contributed by atoms with Crippen LogP contribution in [-0.4, -0.2) is 20.1 Å². The van der Waals surface area contributed by atoms with Crippen LogP contribution in [-0.2, 0) is 6.54 Å². The summed E-state index contributed by atoms with van der Waals surface area (Å²) >= 11 is 0. The van der Waals surface area contributed by atoms with Crippen molar-refractivity contribution in [2.24, 2.45) is 0 Å². The number of amides is 1. The van der Waals surface area contributed by atoms with Gasteiger partial charge in [-0.1, -0.05) is 0 Å². The fourth-order valence-electron chi connectivity index (χ4n) is 2.04. The molecule has 0 radical (unpaired) electrons. The zero-order valence-electron chi connectivity index (χ0n) is 11.7. The molecule has 2 aromatic rings. The van der Waals surface area contributed by atoms with Crippen LogP contribution in [0.15, 0.2) is 34.9 Å². The molecule has 5 nitrogen and oxygen atoms in total. The molecule has 0 aliphatic rings. The predicted molar refractivity (Wildman–Crippen MR) is 74.2 cm³/mol. The quantitative estimate of drug-likeness (QED) is 0.911. The minimum atomic E-state index is -0.259. The van der Waals surface area contributed by atoms with Gasteiger partial charge in [-0.15, -0.1) is 0 Å². The maximum atomic E-state index is 11.8. The molecule has 106 valence electrons. The lowest BCUT2D eigenvalue weighted by Gasteiger charge is -2.14. The number of hydrogen-bond donors (Lipinski definition) is 1. The van der Waals surface area contributed by atoms with Gasteiger partial charge in [0.2, 0.25) is 0 Å². The van der Waals surface area contributed by atoms with Crippen LogP contribution in [0.1, 0.15) is 21.7 Å². The second-order valence-corrected chi connectivity index (χ2v) is 4.25. The third-order valence-electron chi connectivity index (χ3n) is 3.05. The molecular formula is C15H17NO4. The van der Waals surface area contributed by atoms with Crippen molar-refractivity contribution in [1.82, 2.24) is 5.32 Å². The van der Waals surface area contributed by atoms with E-state index in [0.717, 1.165) is 16.9 Å². The molecule has 5 heteroatoms. The molecule has 0 aliphatic carbocycles. The van der Waals surface area contributed by atoms with Crippen molar-refractivity contribution in [2.75, 3.05) is 14.2 Å². The van der Waals surface area contributed by atoms with Crippen LogP contribution < -0.4 is 14.8 Å². The van der Waals surface area contributed by atoms with Crippen molar-refractivity contribution in [1.29, 1.82) is 0 Å². The Balaban J connectivity index is 2.13. The highest BCUT2D eigenvalue weighted by atomic mass is 16.5. The number of benzene rings is 1. The molecule has 1 aromatic heterocycles. The lowest BCUT2D eigenvalue weighted by molar-refractivity contribution is 0.0923. The molecule has 0 saturated heterocycles. The van der Waals surface area contributed by atoms with E-state index in [1.54, 1.807) is 26.4 Å². The zero-order chi connectivity index (χ0) is 14.5. The van der Waals surface area contributed by atoms with Gasteiger partial charge in [-0.05, 0) is 31.2 Å². The lowest BCUT2D eigenvalue weighted by atomic mass is 10.1. The third kappa shape index (κ3) is 2.77. The molecule has 0 atom stereocenters. The topological polar surface area (TPSA) is 60.7 Å². The van der Waals surface area contributed by atoms with Crippen molar-refractivity contribution in [3.63, 3.8) is 0 Å². The smallest absolute Gasteiger partial charge is 0.287 e. The number of ether oxygens (including phenoxy) is 2. The molecule has 20 heavy (non-hydrogen) atoms. The first-order valence-electron chi connectivity index (χ1n) is 6.19. The van der Waals surface area contributed by atoms with E-state index < -0.39 is 0 Å². The molecule has 2 rings (SSSR count). The molecule has 0 fully saturated rings. The lowest BCUT2D eigenvalue weighted by Crippen LogP contribution is -2.22. The fourth-order valence-corrected chi connectivity index (χ4v) is 2.04. The number of carbonyl (C=O) groups excluding carboxylic acids is 1. The molecule has 0 unspecified atom stereocenters. The summed E-state index contributed by atoms with van der Waals surface area (Å²) in [6.45, 7) is 2.27. The Morgan fingerprint density at radius 2 is 2.05 bits per heavy atom. The summed E-state index contributed by atoms with van der Waals surface area (Å²) in [5.41, 5.74) is 1.78. The van der Waals surface area contributed by atoms with Crippen molar-refractivity contribution in [3.05, 3.63) is 47.4 Å². The zero-order valence-corrected chi connectivity index (χ0v) is 11.7. The number of rotatable bonds is 5. The molecule has 0 spiro atoms. The van der Waals surface area contributed by atoms with Crippen LogP contribution in [0.4, 0.5) is 0 Å². The monoisotopic (exact) mass is 275 g/mol. The maximum absolute atomic E-state index is 11.8. The average Bonchev–Trinajstić information content (AvgIpc) is 2.99. The SMILES string of the molecule is COc1ccc(CNC(=O)c2ccco2)c(OC)c1C. The van der Waals surface area contributed by atoms with E-state index in [9.17, 15) is 4.79 Å². The van der Waals surface area contributed by atoms with Crippen LogP contribution in [0, 0.1) is 6.92 Å². The Morgan fingerprint density at radius 1 is 1.25 bits per heavy atom. The van der Waals surface area contributed by atoms with Crippen molar-refractivity contribution < 1.29 is 18.7 Å². The van der Waals surface area contributed by atoms with E-state index in [2.05, 4.69) is 5.32 Å². The second-order valence-electron chi connectivity index (χ2n) is 4.25. The van der Waals surface area contributed by atoms with E-state index in [1.165, 1.54) is 6.26 Å². The van der Waals surface area contributed by atoms with Crippen LogP contribution in [0.5, 0.6) is 11.5 Å². The number of methoxy groups -OCH3 is 2. The van der Waals surface area contributed by atoms with Crippen molar-refractivity contribution in [2.45, 2.75) is 13.5 Å². The van der Waals surface area contributed by atoms with Gasteiger partial charge in [-0.2, -0.15) is 0 Å². The molecular weight excluding hydrogens is 258 g/mol. The summed E-state index contributed by atoms with van der Waals surface area (Å²) in [7, 11) is 3.21. The minimum Gasteiger partial charge on any atom is -0.496 e. The van der Waals surface area contributed by atoms with E-state index in [-0.39, 0.29) is 11.7 Å². The first-order chi connectivity index (χ1) is 9.67. The Kier molecular flexibility index (Phi) is 4.30. The Bertz CT molecular complexity index is 590. The van der Waals surface area contributed by atoms with Gasteiger partial charge < -0.3 is 19.2 Å². The van der Waals surface area contributed by atoms with Gasteiger partial charge >= 0.3 is 0 Å². The number of hydrogen-bond acceptors (Lipinski definition) is 4. The fraction of sp³-hybridized carbons (Fsp3) is 0.267. The number of furan rings is 1. The molecule has 1 amide bonds. The van der Waals surface area contributed by atoms with Gasteiger partial charge in [-0.3, -0.25) is 4.79 Å². The summed E-state index contributed by atoms with van der Waals surface area (Å²) in [6, 6.07) is 7.01. The van der Waals surface area contributed by atoms with Crippen LogP contribution in [0.3, 0.4) is 0 Å². The third-order valence-corrected chi connectivity index (χ3v) is 3.05. The van der Waals surface area contributed by atoms with Gasteiger partial charge in [0.15, 0.2) is 5.76 Å². The summed E-state index contributed by atoms with van der Waals surface area (Å²) < 4.78 is 15.7. The standard InChI is InChI=1S/C15H17NO4/c1-10-12(18-2)7-6-11(14(10)19-3)9-16-15(17)13-5-4-8-20-13/h4-8H,9H2,1-3H3,(H,16,17). The van der Waals surface area contributed by atoms with E-state index in [4.69, 9.17) is 13.9 Å². The molecule has 1 aromatic carbocycles. The van der Waals surface area contributed by atoms with Gasteiger partial charge in [0.1, 0.15) is 11.5 Å². The average molecular weight is 275 g/mol. The van der Waals surface area contributed by atoms with Gasteiger partial charge in [0.05, 0.1) is 20.5 Å². The summed E-state index contributed by atoms with van der Waals surface area (Å²) in [5.74, 6) is 1.49. The minimum absolute atomic E-state index is 0.259. The number of carbonyl (C=O) groups is 1. The summed E-state index contributed by atoms with van der Waals surface area (Å²) in [5, 5.41) is 2.79. The summed E-state index contributed by atoms with van der Waals surface area (Å²) in [6.07, 6.45) is 1.47. The molecule has 1 heterocycles. The molecule has 0 saturated carbocycles. The highest BCUT2D eigenvalue weighted by Gasteiger charge is 2.13. The van der Waals surface area contributed by atoms with E-state index in [1.807, 2.05) is 19.1 Å². The van der Waals surface area contributed by atoms with Crippen molar-refractivity contribution >= 4 is 5.91 Å². The van der Waals surface area contributed by atoms with Crippen LogP contribution >= 0.6 is 0 Å². The largest absolute Gasteiger partial charge is 0.496 e. The predicted octanol–water partition coefficient (Wildman–Crippen LogP) is 2.54. The van der Waals surface area contributed by atoms with Gasteiger partial charge in [0.25, 0.3) is 5.91 Å². The Morgan fingerprint density at radius 3 is 2.65 bits per heavy atom. The van der Waals surface area contributed by atoms with E-state index >= 15 is 0 Å².